The highest BCUT2D eigenvalue weighted by Gasteiger charge is 2.20. The fourth-order valence-electron chi connectivity index (χ4n) is 2.47. The molecule has 0 fully saturated rings. The largest absolute Gasteiger partial charge is 0.489 e. The Hall–Kier alpha value is -1.81. The predicted octanol–water partition coefficient (Wildman–Crippen LogP) is 5.33. The molecule has 0 aliphatic rings. The first-order valence-electron chi connectivity index (χ1n) is 7.93. The van der Waals surface area contributed by atoms with Gasteiger partial charge in [0.15, 0.2) is 6.29 Å². The summed E-state index contributed by atoms with van der Waals surface area (Å²) in [5, 5.41) is 0. The minimum atomic E-state index is 0.0125. The van der Waals surface area contributed by atoms with Crippen LogP contribution in [0.1, 0.15) is 42.3 Å². The van der Waals surface area contributed by atoms with Crippen LogP contribution in [0.4, 0.5) is 0 Å². The highest BCUT2D eigenvalue weighted by atomic mass is 79.9. The van der Waals surface area contributed by atoms with E-state index >= 15 is 0 Å². The number of para-hydroxylation sites is 1. The lowest BCUT2D eigenvalue weighted by atomic mass is 9.85. The van der Waals surface area contributed by atoms with E-state index in [0.29, 0.717) is 24.5 Å². The van der Waals surface area contributed by atoms with Crippen LogP contribution in [0.2, 0.25) is 0 Å². The van der Waals surface area contributed by atoms with Crippen molar-refractivity contribution in [2.45, 2.75) is 33.1 Å². The molecule has 0 aliphatic heterocycles. The molecule has 0 aliphatic carbocycles. The van der Waals surface area contributed by atoms with E-state index in [9.17, 15) is 4.79 Å². The van der Waals surface area contributed by atoms with Crippen molar-refractivity contribution in [1.29, 1.82) is 0 Å². The number of halogens is 1. The monoisotopic (exact) mass is 390 g/mol. The van der Waals surface area contributed by atoms with Crippen LogP contribution in [0, 0.1) is 6.92 Å². The van der Waals surface area contributed by atoms with Crippen molar-refractivity contribution >= 4 is 22.2 Å². The van der Waals surface area contributed by atoms with E-state index in [1.165, 1.54) is 5.56 Å². The predicted molar refractivity (Wildman–Crippen MR) is 100 cm³/mol. The molecular formula is C20H23BrO3. The summed E-state index contributed by atoms with van der Waals surface area (Å²) in [5.74, 6) is 1.48. The van der Waals surface area contributed by atoms with Gasteiger partial charge >= 0.3 is 0 Å². The van der Waals surface area contributed by atoms with Gasteiger partial charge in [-0.05, 0) is 41.7 Å². The van der Waals surface area contributed by atoms with Crippen LogP contribution in [-0.4, -0.2) is 19.5 Å². The molecule has 0 atom stereocenters. The highest BCUT2D eigenvalue weighted by molar-refractivity contribution is 9.10. The Labute approximate surface area is 152 Å². The zero-order valence-electron chi connectivity index (χ0n) is 14.6. The minimum absolute atomic E-state index is 0.0125. The second-order valence-electron chi connectivity index (χ2n) is 6.70. The second kappa shape index (κ2) is 7.84. The van der Waals surface area contributed by atoms with Crippen molar-refractivity contribution < 1.29 is 14.3 Å². The van der Waals surface area contributed by atoms with Crippen LogP contribution < -0.4 is 9.47 Å². The van der Waals surface area contributed by atoms with Gasteiger partial charge in [-0.1, -0.05) is 54.9 Å². The van der Waals surface area contributed by atoms with Crippen LogP contribution >= 0.6 is 15.9 Å². The van der Waals surface area contributed by atoms with Crippen molar-refractivity contribution in [1.82, 2.24) is 0 Å². The molecule has 2 rings (SSSR count). The summed E-state index contributed by atoms with van der Waals surface area (Å²) in [5.41, 5.74) is 2.83. The summed E-state index contributed by atoms with van der Waals surface area (Å²) in [7, 11) is 0. The van der Waals surface area contributed by atoms with Gasteiger partial charge in [-0.3, -0.25) is 4.79 Å². The first kappa shape index (κ1) is 18.5. The maximum Gasteiger partial charge on any atom is 0.153 e. The van der Waals surface area contributed by atoms with Crippen molar-refractivity contribution in [3.8, 4) is 11.5 Å². The molecule has 2 aromatic rings. The molecule has 0 amide bonds. The smallest absolute Gasteiger partial charge is 0.153 e. The number of benzene rings is 2. The molecule has 128 valence electrons. The molecule has 0 aromatic heterocycles. The fourth-order valence-corrected chi connectivity index (χ4v) is 2.85. The average molecular weight is 391 g/mol. The third-order valence-electron chi connectivity index (χ3n) is 3.71. The fraction of sp³-hybridized carbons (Fsp3) is 0.350. The molecule has 0 saturated heterocycles. The zero-order chi connectivity index (χ0) is 17.7. The number of rotatable bonds is 6. The lowest BCUT2D eigenvalue weighted by Gasteiger charge is -2.24. The van der Waals surface area contributed by atoms with Gasteiger partial charge in [-0.25, -0.2) is 0 Å². The lowest BCUT2D eigenvalue weighted by molar-refractivity contribution is 0.111. The number of aryl methyl sites for hydroxylation is 1. The van der Waals surface area contributed by atoms with Crippen LogP contribution in [0.3, 0.4) is 0 Å². The van der Waals surface area contributed by atoms with Gasteiger partial charge in [0.1, 0.15) is 24.7 Å². The Morgan fingerprint density at radius 2 is 1.79 bits per heavy atom. The molecule has 2 aromatic carbocycles. The van der Waals surface area contributed by atoms with Crippen molar-refractivity contribution in [3.63, 3.8) is 0 Å². The Bertz CT molecular complexity index is 717. The van der Waals surface area contributed by atoms with Gasteiger partial charge in [-0.2, -0.15) is 0 Å². The molecule has 3 nitrogen and oxygen atoms in total. The Morgan fingerprint density at radius 1 is 1.08 bits per heavy atom. The minimum Gasteiger partial charge on any atom is -0.489 e. The topological polar surface area (TPSA) is 35.5 Å². The van der Waals surface area contributed by atoms with Crippen molar-refractivity contribution in [3.05, 3.63) is 57.6 Å². The molecule has 0 spiro atoms. The average Bonchev–Trinajstić information content (AvgIpc) is 2.52. The van der Waals surface area contributed by atoms with Crippen molar-refractivity contribution in [2.75, 3.05) is 13.2 Å². The summed E-state index contributed by atoms with van der Waals surface area (Å²) in [6.07, 6.45) is 0.792. The molecule has 0 heterocycles. The summed E-state index contributed by atoms with van der Waals surface area (Å²) in [6, 6.07) is 11.6. The summed E-state index contributed by atoms with van der Waals surface area (Å²) < 4.78 is 12.5. The molecule has 0 bridgehead atoms. The van der Waals surface area contributed by atoms with E-state index in [1.807, 2.05) is 19.1 Å². The summed E-state index contributed by atoms with van der Waals surface area (Å²) >= 11 is 3.34. The first-order valence-corrected chi connectivity index (χ1v) is 8.72. The number of carbonyl (C=O) groups is 1. The number of aldehydes is 1. The van der Waals surface area contributed by atoms with Gasteiger partial charge < -0.3 is 9.47 Å². The van der Waals surface area contributed by atoms with Crippen LogP contribution in [0.15, 0.2) is 40.9 Å². The van der Waals surface area contributed by atoms with Gasteiger partial charge in [0.25, 0.3) is 0 Å². The molecule has 24 heavy (non-hydrogen) atoms. The quantitative estimate of drug-likeness (QED) is 0.494. The third-order valence-corrected chi connectivity index (χ3v) is 4.20. The van der Waals surface area contributed by atoms with E-state index in [0.717, 1.165) is 22.1 Å². The third kappa shape index (κ3) is 4.60. The van der Waals surface area contributed by atoms with E-state index in [1.54, 1.807) is 12.1 Å². The number of carbonyl (C=O) groups excluding carboxylic acids is 1. The number of hydrogen-bond donors (Lipinski definition) is 0. The number of ether oxygens (including phenoxy) is 2. The van der Waals surface area contributed by atoms with Gasteiger partial charge in [0, 0.05) is 4.47 Å². The normalized spacial score (nSPS) is 11.2. The van der Waals surface area contributed by atoms with Crippen molar-refractivity contribution in [2.24, 2.45) is 0 Å². The van der Waals surface area contributed by atoms with Crippen LogP contribution in [0.5, 0.6) is 11.5 Å². The Kier molecular flexibility index (Phi) is 6.05. The summed E-state index contributed by atoms with van der Waals surface area (Å²) in [6.45, 7) is 9.35. The van der Waals surface area contributed by atoms with E-state index in [4.69, 9.17) is 9.47 Å². The Morgan fingerprint density at radius 3 is 2.46 bits per heavy atom. The van der Waals surface area contributed by atoms with Gasteiger partial charge in [-0.15, -0.1) is 0 Å². The first-order chi connectivity index (χ1) is 11.3. The molecule has 0 saturated carbocycles. The highest BCUT2D eigenvalue weighted by Crippen LogP contribution is 2.33. The van der Waals surface area contributed by atoms with E-state index < -0.39 is 0 Å². The van der Waals surface area contributed by atoms with Gasteiger partial charge in [0.2, 0.25) is 0 Å². The number of hydrogen-bond acceptors (Lipinski definition) is 3. The van der Waals surface area contributed by atoms with E-state index in [-0.39, 0.29) is 5.41 Å². The Balaban J connectivity index is 2.02. The van der Waals surface area contributed by atoms with Gasteiger partial charge in [0.05, 0.1) is 5.56 Å². The molecule has 4 heteroatoms. The maximum absolute atomic E-state index is 11.1. The van der Waals surface area contributed by atoms with Crippen LogP contribution in [-0.2, 0) is 5.41 Å². The second-order valence-corrected chi connectivity index (χ2v) is 7.61. The molecule has 0 N–H and O–H groups in total. The molecule has 0 unspecified atom stereocenters. The standard InChI is InChI=1S/C20H23BrO3/c1-14-6-5-7-17(20(2,3)4)19(14)24-11-10-23-18-9-8-16(21)12-15(18)13-22/h5-9,12-13H,10-11H2,1-4H3. The lowest BCUT2D eigenvalue weighted by Crippen LogP contribution is -2.17. The zero-order valence-corrected chi connectivity index (χ0v) is 16.1. The SMILES string of the molecule is Cc1cccc(C(C)(C)C)c1OCCOc1ccc(Br)cc1C=O. The molecular weight excluding hydrogens is 368 g/mol. The molecule has 0 radical (unpaired) electrons. The van der Waals surface area contributed by atoms with E-state index in [2.05, 4.69) is 48.8 Å². The van der Waals surface area contributed by atoms with Crippen LogP contribution in [0.25, 0.3) is 0 Å². The maximum atomic E-state index is 11.1. The summed E-state index contributed by atoms with van der Waals surface area (Å²) in [4.78, 5) is 11.1.